The predicted molar refractivity (Wildman–Crippen MR) is 81.7 cm³/mol. The van der Waals surface area contributed by atoms with Gasteiger partial charge >= 0.3 is 6.03 Å². The molecule has 2 rings (SSSR count). The summed E-state index contributed by atoms with van der Waals surface area (Å²) < 4.78 is 27.6. The average Bonchev–Trinajstić information content (AvgIpc) is 2.43. The lowest BCUT2D eigenvalue weighted by atomic mass is 10.2. The molecule has 2 aromatic carbocycles. The van der Waals surface area contributed by atoms with Crippen LogP contribution in [0.4, 0.5) is 19.3 Å². The van der Waals surface area contributed by atoms with Gasteiger partial charge in [0.2, 0.25) is 0 Å². The Morgan fingerprint density at radius 2 is 1.76 bits per heavy atom. The van der Waals surface area contributed by atoms with Gasteiger partial charge in [-0.05, 0) is 35.9 Å². The van der Waals surface area contributed by atoms with E-state index in [0.29, 0.717) is 0 Å². The van der Waals surface area contributed by atoms with E-state index in [9.17, 15) is 13.6 Å². The maximum absolute atomic E-state index is 13.3. The second-order valence-corrected chi connectivity index (χ2v) is 5.00. The Morgan fingerprint density at radius 1 is 1.10 bits per heavy atom. The van der Waals surface area contributed by atoms with Crippen molar-refractivity contribution in [3.05, 3.63) is 70.3 Å². The zero-order valence-electron chi connectivity index (χ0n) is 10.7. The fourth-order valence-corrected chi connectivity index (χ4v) is 2.01. The highest BCUT2D eigenvalue weighted by Crippen LogP contribution is 2.17. The fourth-order valence-electron chi connectivity index (χ4n) is 1.59. The van der Waals surface area contributed by atoms with Crippen LogP contribution >= 0.6 is 15.9 Å². The van der Waals surface area contributed by atoms with Gasteiger partial charge in [0, 0.05) is 10.7 Å². The van der Waals surface area contributed by atoms with Gasteiger partial charge in [-0.2, -0.15) is 0 Å². The zero-order valence-corrected chi connectivity index (χ0v) is 12.3. The number of hydrogen-bond acceptors (Lipinski definition) is 1. The molecule has 0 aromatic heterocycles. The number of para-hydroxylation sites is 1. The number of amides is 2. The minimum Gasteiger partial charge on any atom is -0.314 e. The van der Waals surface area contributed by atoms with E-state index in [1.807, 2.05) is 24.3 Å². The Morgan fingerprint density at radius 3 is 2.43 bits per heavy atom. The normalized spacial score (nSPS) is 10.6. The summed E-state index contributed by atoms with van der Waals surface area (Å²) in [5, 5.41) is 4.49. The van der Waals surface area contributed by atoms with Crippen LogP contribution in [-0.2, 0) is 0 Å². The van der Waals surface area contributed by atoms with Crippen LogP contribution in [-0.4, -0.2) is 6.03 Å². The third-order valence-electron chi connectivity index (χ3n) is 2.54. The highest BCUT2D eigenvalue weighted by atomic mass is 79.9. The molecule has 0 aliphatic rings. The number of carbonyl (C=O) groups excluding carboxylic acids is 1. The minimum atomic E-state index is -0.832. The minimum absolute atomic E-state index is 0.481. The van der Waals surface area contributed by atoms with Gasteiger partial charge in [0.25, 0.3) is 0 Å². The summed E-state index contributed by atoms with van der Waals surface area (Å²) in [6.07, 6.45) is 3.04. The lowest BCUT2D eigenvalue weighted by Crippen LogP contribution is -2.24. The maximum atomic E-state index is 13.3. The SMILES string of the molecule is O=C(N/C=C/c1cccc(Br)c1)Nc1c(F)cccc1F. The molecule has 2 amide bonds. The van der Waals surface area contributed by atoms with Gasteiger partial charge in [-0.1, -0.05) is 34.1 Å². The van der Waals surface area contributed by atoms with Crippen LogP contribution in [0, 0.1) is 11.6 Å². The second kappa shape index (κ2) is 6.99. The van der Waals surface area contributed by atoms with E-state index in [1.165, 1.54) is 12.3 Å². The van der Waals surface area contributed by atoms with Gasteiger partial charge in [-0.15, -0.1) is 0 Å². The van der Waals surface area contributed by atoms with Gasteiger partial charge in [-0.25, -0.2) is 13.6 Å². The highest BCUT2D eigenvalue weighted by molar-refractivity contribution is 9.10. The van der Waals surface area contributed by atoms with Crippen molar-refractivity contribution < 1.29 is 13.6 Å². The van der Waals surface area contributed by atoms with Crippen LogP contribution in [0.1, 0.15) is 5.56 Å². The Labute approximate surface area is 128 Å². The smallest absolute Gasteiger partial charge is 0.314 e. The molecule has 0 fully saturated rings. The number of nitrogens with one attached hydrogen (secondary N) is 2. The fraction of sp³-hybridized carbons (Fsp3) is 0. The quantitative estimate of drug-likeness (QED) is 0.837. The van der Waals surface area contributed by atoms with Gasteiger partial charge in [-0.3, -0.25) is 0 Å². The molecule has 0 radical (unpaired) electrons. The Balaban J connectivity index is 1.96. The highest BCUT2D eigenvalue weighted by Gasteiger charge is 2.10. The van der Waals surface area contributed by atoms with E-state index in [1.54, 1.807) is 6.08 Å². The molecule has 6 heteroatoms. The molecule has 0 saturated carbocycles. The largest absolute Gasteiger partial charge is 0.323 e. The van der Waals surface area contributed by atoms with Crippen molar-refractivity contribution in [2.24, 2.45) is 0 Å². The molecular weight excluding hydrogens is 342 g/mol. The summed E-state index contributed by atoms with van der Waals surface area (Å²) in [4.78, 5) is 11.6. The zero-order chi connectivity index (χ0) is 15.2. The number of hydrogen-bond donors (Lipinski definition) is 2. The number of urea groups is 1. The molecule has 0 heterocycles. The number of halogens is 3. The summed E-state index contributed by atoms with van der Waals surface area (Å²) in [5.74, 6) is -1.66. The maximum Gasteiger partial charge on any atom is 0.323 e. The first-order valence-electron chi connectivity index (χ1n) is 6.00. The molecule has 108 valence electrons. The van der Waals surface area contributed by atoms with Crippen LogP contribution in [0.15, 0.2) is 53.1 Å². The van der Waals surface area contributed by atoms with Crippen LogP contribution in [0.5, 0.6) is 0 Å². The van der Waals surface area contributed by atoms with E-state index in [4.69, 9.17) is 0 Å². The molecule has 3 nitrogen and oxygen atoms in total. The van der Waals surface area contributed by atoms with Gasteiger partial charge in [0.15, 0.2) is 0 Å². The topological polar surface area (TPSA) is 41.1 Å². The van der Waals surface area contributed by atoms with Crippen molar-refractivity contribution in [2.45, 2.75) is 0 Å². The predicted octanol–water partition coefficient (Wildman–Crippen LogP) is 4.52. The lowest BCUT2D eigenvalue weighted by molar-refractivity contribution is 0.255. The molecular formula is C15H11BrF2N2O. The summed E-state index contributed by atoms with van der Waals surface area (Å²) in [6, 6.07) is 10.0. The van der Waals surface area contributed by atoms with E-state index in [2.05, 4.69) is 26.6 Å². The van der Waals surface area contributed by atoms with Gasteiger partial charge in [0.05, 0.1) is 0 Å². The molecule has 0 saturated heterocycles. The first-order valence-corrected chi connectivity index (χ1v) is 6.79. The lowest BCUT2D eigenvalue weighted by Gasteiger charge is -2.06. The third-order valence-corrected chi connectivity index (χ3v) is 3.03. The van der Waals surface area contributed by atoms with Crippen molar-refractivity contribution in [1.82, 2.24) is 5.32 Å². The first kappa shape index (κ1) is 15.2. The summed E-state index contributed by atoms with van der Waals surface area (Å²) in [6.45, 7) is 0. The van der Waals surface area contributed by atoms with Crippen molar-refractivity contribution in [2.75, 3.05) is 5.32 Å². The van der Waals surface area contributed by atoms with Crippen molar-refractivity contribution in [1.29, 1.82) is 0 Å². The second-order valence-electron chi connectivity index (χ2n) is 4.08. The molecule has 0 aliphatic heterocycles. The van der Waals surface area contributed by atoms with E-state index >= 15 is 0 Å². The molecule has 0 atom stereocenters. The standard InChI is InChI=1S/C15H11BrF2N2O/c16-11-4-1-3-10(9-11)7-8-19-15(21)20-14-12(17)5-2-6-13(14)18/h1-9H,(H2,19,20,21)/b8-7+. The number of benzene rings is 2. The van der Waals surface area contributed by atoms with Gasteiger partial charge in [0.1, 0.15) is 17.3 Å². The number of anilines is 1. The van der Waals surface area contributed by atoms with E-state index in [-0.39, 0.29) is 0 Å². The summed E-state index contributed by atoms with van der Waals surface area (Å²) in [5.41, 5.74) is 0.382. The monoisotopic (exact) mass is 352 g/mol. The van der Waals surface area contributed by atoms with Gasteiger partial charge < -0.3 is 10.6 Å². The average molecular weight is 353 g/mol. The molecule has 21 heavy (non-hydrogen) atoms. The number of carbonyl (C=O) groups is 1. The Kier molecular flexibility index (Phi) is 5.05. The van der Waals surface area contributed by atoms with Crippen LogP contribution in [0.2, 0.25) is 0 Å². The molecule has 2 aromatic rings. The van der Waals surface area contributed by atoms with Crippen molar-refractivity contribution in [3.63, 3.8) is 0 Å². The van der Waals surface area contributed by atoms with Crippen molar-refractivity contribution in [3.8, 4) is 0 Å². The van der Waals surface area contributed by atoms with Crippen LogP contribution < -0.4 is 10.6 Å². The Hall–Kier alpha value is -2.21. The molecule has 0 bridgehead atoms. The number of rotatable bonds is 3. The molecule has 0 unspecified atom stereocenters. The first-order chi connectivity index (χ1) is 10.1. The summed E-state index contributed by atoms with van der Waals surface area (Å²) in [7, 11) is 0. The van der Waals surface area contributed by atoms with Crippen LogP contribution in [0.3, 0.4) is 0 Å². The van der Waals surface area contributed by atoms with E-state index in [0.717, 1.165) is 22.2 Å². The van der Waals surface area contributed by atoms with Crippen LogP contribution in [0.25, 0.3) is 6.08 Å². The van der Waals surface area contributed by atoms with E-state index < -0.39 is 23.4 Å². The third kappa shape index (κ3) is 4.39. The Bertz CT molecular complexity index is 669. The molecule has 0 aliphatic carbocycles. The summed E-state index contributed by atoms with van der Waals surface area (Å²) >= 11 is 3.33. The van der Waals surface area contributed by atoms with Crippen molar-refractivity contribution >= 4 is 33.7 Å². The molecule has 2 N–H and O–H groups in total. The molecule has 0 spiro atoms.